The van der Waals surface area contributed by atoms with Crippen LogP contribution in [0.15, 0.2) is 52.5 Å². The maximum atomic E-state index is 11.6. The predicted octanol–water partition coefficient (Wildman–Crippen LogP) is 3.89. The molecule has 1 aliphatic heterocycles. The van der Waals surface area contributed by atoms with Crippen LogP contribution in [0.1, 0.15) is 23.9 Å². The maximum Gasteiger partial charge on any atom is 0.342 e. The van der Waals surface area contributed by atoms with Gasteiger partial charge >= 0.3 is 5.97 Å². The molecule has 0 aliphatic carbocycles. The van der Waals surface area contributed by atoms with Gasteiger partial charge in [0.05, 0.1) is 0 Å². The number of benzene rings is 2. The number of carboxylic acid groups (broad SMARTS) is 1. The first-order chi connectivity index (χ1) is 14.6. The number of hydrogen-bond donors (Lipinski definition) is 2. The zero-order chi connectivity index (χ0) is 20.9. The fraction of sp³-hybridized carbons (Fsp3) is 0.190. The monoisotopic (exact) mass is 425 g/mol. The third-order valence-corrected chi connectivity index (χ3v) is 5.16. The van der Waals surface area contributed by atoms with Crippen LogP contribution in [0.25, 0.3) is 6.08 Å². The molecular weight excluding hydrogens is 406 g/mol. The van der Waals surface area contributed by atoms with E-state index in [1.165, 1.54) is 0 Å². The molecule has 30 heavy (non-hydrogen) atoms. The van der Waals surface area contributed by atoms with Gasteiger partial charge in [-0.05, 0) is 53.2 Å². The van der Waals surface area contributed by atoms with Crippen LogP contribution in [0.3, 0.4) is 0 Å². The molecule has 0 radical (unpaired) electrons. The van der Waals surface area contributed by atoms with Crippen molar-refractivity contribution in [2.45, 2.75) is 25.1 Å². The number of rotatable bonds is 8. The number of hydrogen-bond acceptors (Lipinski definition) is 7. The minimum atomic E-state index is -1.04. The lowest BCUT2D eigenvalue weighted by atomic mass is 10.2. The zero-order valence-corrected chi connectivity index (χ0v) is 16.9. The average molecular weight is 425 g/mol. The Morgan fingerprint density at radius 2 is 2.03 bits per heavy atom. The molecule has 2 N–H and O–H groups in total. The van der Waals surface area contributed by atoms with Gasteiger partial charge in [-0.1, -0.05) is 25.1 Å². The van der Waals surface area contributed by atoms with Crippen molar-refractivity contribution < 1.29 is 24.1 Å². The van der Waals surface area contributed by atoms with E-state index in [1.54, 1.807) is 30.3 Å². The summed E-state index contributed by atoms with van der Waals surface area (Å²) < 4.78 is 16.5. The van der Waals surface area contributed by atoms with Crippen LogP contribution in [0.4, 0.5) is 0 Å². The van der Waals surface area contributed by atoms with E-state index in [0.29, 0.717) is 35.5 Å². The first kappa shape index (κ1) is 19.8. The van der Waals surface area contributed by atoms with Gasteiger partial charge in [0.15, 0.2) is 11.5 Å². The minimum Gasteiger partial charge on any atom is -0.489 e. The lowest BCUT2D eigenvalue weighted by Gasteiger charge is -2.07. The number of ether oxygens (including phenoxy) is 3. The highest BCUT2D eigenvalue weighted by Gasteiger charge is 2.14. The Morgan fingerprint density at radius 1 is 1.23 bits per heavy atom. The molecular formula is C21H19N3O5S. The summed E-state index contributed by atoms with van der Waals surface area (Å²) in [6.07, 6.45) is 2.28. The average Bonchev–Trinajstić information content (AvgIpc) is 3.41. The van der Waals surface area contributed by atoms with E-state index in [1.807, 2.05) is 25.1 Å². The van der Waals surface area contributed by atoms with Gasteiger partial charge in [-0.3, -0.25) is 5.10 Å². The number of nitrogens with zero attached hydrogens (tertiary/aromatic N) is 2. The number of nitrogens with one attached hydrogen (secondary N) is 1. The Labute approximate surface area is 176 Å². The highest BCUT2D eigenvalue weighted by Crippen LogP contribution is 2.33. The van der Waals surface area contributed by atoms with Gasteiger partial charge in [0, 0.05) is 6.42 Å². The third-order valence-electron chi connectivity index (χ3n) is 4.28. The number of aryl methyl sites for hydroxylation is 1. The molecule has 0 unspecified atom stereocenters. The number of aromatic amines is 1. The second-order valence-corrected chi connectivity index (χ2v) is 7.39. The number of aromatic nitrogens is 3. The molecule has 0 bridgehead atoms. The Morgan fingerprint density at radius 3 is 2.77 bits per heavy atom. The largest absolute Gasteiger partial charge is 0.489 e. The van der Waals surface area contributed by atoms with Gasteiger partial charge in [-0.15, -0.1) is 5.10 Å². The molecule has 2 aromatic carbocycles. The molecule has 0 saturated heterocycles. The normalized spacial score (nSPS) is 12.8. The zero-order valence-electron chi connectivity index (χ0n) is 16.1. The van der Waals surface area contributed by atoms with E-state index in [-0.39, 0.29) is 11.7 Å². The Bertz CT molecular complexity index is 1080. The highest BCUT2D eigenvalue weighted by molar-refractivity contribution is 8.04. The van der Waals surface area contributed by atoms with Gasteiger partial charge < -0.3 is 19.3 Å². The van der Waals surface area contributed by atoms with E-state index in [9.17, 15) is 9.90 Å². The lowest BCUT2D eigenvalue weighted by Crippen LogP contribution is -1.98. The van der Waals surface area contributed by atoms with Crippen molar-refractivity contribution in [3.05, 3.63) is 64.3 Å². The van der Waals surface area contributed by atoms with Gasteiger partial charge in [0.1, 0.15) is 23.1 Å². The fourth-order valence-corrected chi connectivity index (χ4v) is 3.45. The number of fused-ring (bicyclic) bond motifs is 1. The highest BCUT2D eigenvalue weighted by atomic mass is 32.2. The molecule has 154 valence electrons. The van der Waals surface area contributed by atoms with E-state index in [2.05, 4.69) is 15.2 Å². The Kier molecular flexibility index (Phi) is 5.89. The van der Waals surface area contributed by atoms with Crippen molar-refractivity contribution in [2.24, 2.45) is 0 Å². The molecule has 0 fully saturated rings. The minimum absolute atomic E-state index is 0.130. The van der Waals surface area contributed by atoms with Crippen LogP contribution in [-0.2, 0) is 17.8 Å². The number of carbonyl (C=O) groups is 1. The molecule has 8 nitrogen and oxygen atoms in total. The summed E-state index contributed by atoms with van der Waals surface area (Å²) in [5, 5.41) is 16.7. The van der Waals surface area contributed by atoms with Crippen molar-refractivity contribution in [1.82, 2.24) is 15.2 Å². The first-order valence-corrected chi connectivity index (χ1v) is 10.1. The smallest absolute Gasteiger partial charge is 0.342 e. The molecule has 4 rings (SSSR count). The molecule has 0 saturated carbocycles. The van der Waals surface area contributed by atoms with Crippen LogP contribution in [0, 0.1) is 0 Å². The Balaban J connectivity index is 1.40. The molecule has 1 aromatic heterocycles. The topological polar surface area (TPSA) is 107 Å². The van der Waals surface area contributed by atoms with E-state index in [0.717, 1.165) is 28.6 Å². The number of aliphatic carboxylic acids is 1. The van der Waals surface area contributed by atoms with Crippen molar-refractivity contribution >= 4 is 23.8 Å². The van der Waals surface area contributed by atoms with Crippen LogP contribution in [-0.4, -0.2) is 33.1 Å². The summed E-state index contributed by atoms with van der Waals surface area (Å²) >= 11 is 1.00. The van der Waals surface area contributed by atoms with E-state index in [4.69, 9.17) is 14.2 Å². The second kappa shape index (κ2) is 8.91. The van der Waals surface area contributed by atoms with Gasteiger partial charge in [0.25, 0.3) is 0 Å². The molecule has 2 heterocycles. The van der Waals surface area contributed by atoms with E-state index < -0.39 is 5.97 Å². The summed E-state index contributed by atoms with van der Waals surface area (Å²) in [5.74, 6) is 1.80. The standard InChI is InChI=1S/C21H19N3O5S/c1-2-19-22-21(24-23-19)30-18(20(25)26)10-13-3-6-15(7-4-13)27-11-14-5-8-16-17(9-14)29-12-28-16/h3-10H,2,11-12H2,1H3,(H,25,26)(H,22,23,24)/b18-10-. The summed E-state index contributed by atoms with van der Waals surface area (Å²) in [6, 6.07) is 12.9. The lowest BCUT2D eigenvalue weighted by molar-refractivity contribution is -0.131. The summed E-state index contributed by atoms with van der Waals surface area (Å²) in [5.41, 5.74) is 1.70. The van der Waals surface area contributed by atoms with Crippen molar-refractivity contribution in [2.75, 3.05) is 6.79 Å². The van der Waals surface area contributed by atoms with Crippen molar-refractivity contribution in [3.63, 3.8) is 0 Å². The fourth-order valence-electron chi connectivity index (χ4n) is 2.72. The SMILES string of the molecule is CCc1nc(S/C(=C\c2ccc(OCc3ccc4c(c3)OCO4)cc2)C(=O)O)n[nH]1. The van der Waals surface area contributed by atoms with Crippen LogP contribution >= 0.6 is 11.8 Å². The van der Waals surface area contributed by atoms with Crippen molar-refractivity contribution in [1.29, 1.82) is 0 Å². The van der Waals surface area contributed by atoms with Crippen LogP contribution in [0.2, 0.25) is 0 Å². The maximum absolute atomic E-state index is 11.6. The van der Waals surface area contributed by atoms with Crippen molar-refractivity contribution in [3.8, 4) is 17.2 Å². The third kappa shape index (κ3) is 4.74. The molecule has 0 atom stereocenters. The Hall–Kier alpha value is -3.46. The second-order valence-electron chi connectivity index (χ2n) is 6.38. The van der Waals surface area contributed by atoms with Crippen LogP contribution in [0.5, 0.6) is 17.2 Å². The summed E-state index contributed by atoms with van der Waals surface area (Å²) in [6.45, 7) is 2.56. The van der Waals surface area contributed by atoms with Gasteiger partial charge in [-0.25, -0.2) is 9.78 Å². The first-order valence-electron chi connectivity index (χ1n) is 9.26. The van der Waals surface area contributed by atoms with E-state index >= 15 is 0 Å². The summed E-state index contributed by atoms with van der Waals surface area (Å²) in [7, 11) is 0. The number of H-pyrrole nitrogens is 1. The molecule has 3 aromatic rings. The molecule has 9 heteroatoms. The predicted molar refractivity (Wildman–Crippen MR) is 111 cm³/mol. The number of thioether (sulfide) groups is 1. The number of carboxylic acids is 1. The van der Waals surface area contributed by atoms with Crippen LogP contribution < -0.4 is 14.2 Å². The molecule has 0 amide bonds. The quantitative estimate of drug-likeness (QED) is 0.413. The molecule has 1 aliphatic rings. The molecule has 0 spiro atoms. The summed E-state index contributed by atoms with van der Waals surface area (Å²) in [4.78, 5) is 16.0. The van der Waals surface area contributed by atoms with Gasteiger partial charge in [-0.2, -0.15) is 0 Å². The van der Waals surface area contributed by atoms with Gasteiger partial charge in [0.2, 0.25) is 11.9 Å².